The third-order valence-corrected chi connectivity index (χ3v) is 6.07. The second kappa shape index (κ2) is 7.31. The number of carbonyl (C=O) groups excluding carboxylic acids is 1. The lowest BCUT2D eigenvalue weighted by Crippen LogP contribution is -2.36. The molecule has 0 saturated carbocycles. The number of hydrogen-bond acceptors (Lipinski definition) is 4. The van der Waals surface area contributed by atoms with Crippen molar-refractivity contribution in [3.63, 3.8) is 0 Å². The van der Waals surface area contributed by atoms with Crippen LogP contribution in [0, 0.1) is 0 Å². The van der Waals surface area contributed by atoms with Gasteiger partial charge in [0, 0.05) is 33.1 Å². The summed E-state index contributed by atoms with van der Waals surface area (Å²) in [5.41, 5.74) is 0.949. The predicted molar refractivity (Wildman–Crippen MR) is 88.0 cm³/mol. The number of carbonyl (C=O) groups is 1. The predicted octanol–water partition coefficient (Wildman–Crippen LogP) is 1.50. The number of methoxy groups -OCH3 is 1. The summed E-state index contributed by atoms with van der Waals surface area (Å²) in [5, 5.41) is 0. The fourth-order valence-corrected chi connectivity index (χ4v) is 4.41. The molecule has 0 spiro atoms. The molecule has 0 bridgehead atoms. The highest BCUT2D eigenvalue weighted by molar-refractivity contribution is 7.89. The van der Waals surface area contributed by atoms with E-state index in [1.54, 1.807) is 17.0 Å². The van der Waals surface area contributed by atoms with Gasteiger partial charge in [-0.2, -0.15) is 4.31 Å². The van der Waals surface area contributed by atoms with Crippen LogP contribution in [0.25, 0.3) is 0 Å². The third kappa shape index (κ3) is 3.84. The van der Waals surface area contributed by atoms with E-state index in [1.165, 1.54) is 18.3 Å². The molecule has 0 aromatic heterocycles. The van der Waals surface area contributed by atoms with Crippen molar-refractivity contribution in [3.05, 3.63) is 23.8 Å². The Kier molecular flexibility index (Phi) is 5.64. The molecule has 1 amide bonds. The lowest BCUT2D eigenvalue weighted by molar-refractivity contribution is -0.128. The topological polar surface area (TPSA) is 66.9 Å². The smallest absolute Gasteiger partial charge is 0.246 e. The molecule has 1 saturated heterocycles. The molecule has 1 aliphatic rings. The zero-order chi connectivity index (χ0) is 17.0. The summed E-state index contributed by atoms with van der Waals surface area (Å²) in [6, 6.07) is 5.25. The first-order chi connectivity index (χ1) is 10.9. The van der Waals surface area contributed by atoms with E-state index in [9.17, 15) is 13.2 Å². The molecule has 0 aliphatic carbocycles. The normalized spacial score (nSPS) is 16.9. The van der Waals surface area contributed by atoms with E-state index in [-0.39, 0.29) is 10.8 Å². The second-order valence-electron chi connectivity index (χ2n) is 5.60. The quantitative estimate of drug-likeness (QED) is 0.833. The number of ether oxygens (including phenoxy) is 1. The van der Waals surface area contributed by atoms with E-state index in [0.717, 1.165) is 12.0 Å². The number of aryl methyl sites for hydroxylation is 1. The van der Waals surface area contributed by atoms with E-state index in [0.29, 0.717) is 38.3 Å². The van der Waals surface area contributed by atoms with Crippen LogP contribution in [0.1, 0.15) is 25.8 Å². The number of amides is 1. The van der Waals surface area contributed by atoms with Gasteiger partial charge in [-0.15, -0.1) is 0 Å². The van der Waals surface area contributed by atoms with Gasteiger partial charge in [-0.3, -0.25) is 4.79 Å². The molecule has 0 N–H and O–H groups in total. The lowest BCUT2D eigenvalue weighted by Gasteiger charge is -2.22. The van der Waals surface area contributed by atoms with Crippen LogP contribution in [0.15, 0.2) is 23.1 Å². The fourth-order valence-electron chi connectivity index (χ4n) is 2.73. The number of sulfonamides is 1. The average Bonchev–Trinajstić information content (AvgIpc) is 2.80. The van der Waals surface area contributed by atoms with Crippen molar-refractivity contribution in [2.75, 3.05) is 33.3 Å². The van der Waals surface area contributed by atoms with Gasteiger partial charge in [0.15, 0.2) is 0 Å². The van der Waals surface area contributed by atoms with Crippen molar-refractivity contribution in [2.45, 2.75) is 31.6 Å². The molecular weight excluding hydrogens is 316 g/mol. The summed E-state index contributed by atoms with van der Waals surface area (Å²) in [4.78, 5) is 13.4. The Labute approximate surface area is 138 Å². The Hall–Kier alpha value is -1.60. The Morgan fingerprint density at radius 3 is 2.57 bits per heavy atom. The first-order valence-corrected chi connectivity index (χ1v) is 9.26. The first kappa shape index (κ1) is 17.7. The van der Waals surface area contributed by atoms with E-state index < -0.39 is 10.0 Å². The molecule has 1 aromatic rings. The largest absolute Gasteiger partial charge is 0.495 e. The second-order valence-corrected chi connectivity index (χ2v) is 7.51. The first-order valence-electron chi connectivity index (χ1n) is 7.82. The van der Waals surface area contributed by atoms with Crippen LogP contribution < -0.4 is 4.74 Å². The van der Waals surface area contributed by atoms with E-state index >= 15 is 0 Å². The molecule has 0 radical (unpaired) electrons. The van der Waals surface area contributed by atoms with Crippen molar-refractivity contribution in [3.8, 4) is 5.75 Å². The van der Waals surface area contributed by atoms with E-state index in [2.05, 4.69) is 0 Å². The molecule has 7 heteroatoms. The monoisotopic (exact) mass is 340 g/mol. The van der Waals surface area contributed by atoms with Crippen molar-refractivity contribution in [1.29, 1.82) is 0 Å². The van der Waals surface area contributed by atoms with Gasteiger partial charge in [0.05, 0.1) is 7.11 Å². The van der Waals surface area contributed by atoms with Crippen LogP contribution >= 0.6 is 0 Å². The van der Waals surface area contributed by atoms with Gasteiger partial charge >= 0.3 is 0 Å². The molecule has 6 nitrogen and oxygen atoms in total. The van der Waals surface area contributed by atoms with Crippen molar-refractivity contribution >= 4 is 15.9 Å². The van der Waals surface area contributed by atoms with Crippen molar-refractivity contribution in [2.24, 2.45) is 0 Å². The van der Waals surface area contributed by atoms with E-state index in [1.807, 2.05) is 13.0 Å². The maximum Gasteiger partial charge on any atom is 0.246 e. The summed E-state index contributed by atoms with van der Waals surface area (Å²) in [6.45, 7) is 5.22. The van der Waals surface area contributed by atoms with Gasteiger partial charge in [0.25, 0.3) is 0 Å². The minimum atomic E-state index is -3.64. The lowest BCUT2D eigenvalue weighted by atomic mass is 10.2. The summed E-state index contributed by atoms with van der Waals surface area (Å²) < 4.78 is 32.7. The van der Waals surface area contributed by atoms with Gasteiger partial charge in [-0.25, -0.2) is 8.42 Å². The van der Waals surface area contributed by atoms with Gasteiger partial charge in [-0.05, 0) is 30.5 Å². The zero-order valence-corrected chi connectivity index (χ0v) is 14.7. The molecule has 1 heterocycles. The van der Waals surface area contributed by atoms with Gasteiger partial charge < -0.3 is 9.64 Å². The minimum Gasteiger partial charge on any atom is -0.495 e. The summed E-state index contributed by atoms with van der Waals surface area (Å²) in [6.07, 6.45) is 1.39. The molecular formula is C16H24N2O4S. The molecule has 128 valence electrons. The highest BCUT2D eigenvalue weighted by Gasteiger charge is 2.30. The van der Waals surface area contributed by atoms with Crippen molar-refractivity contribution in [1.82, 2.24) is 9.21 Å². The highest BCUT2D eigenvalue weighted by Crippen LogP contribution is 2.28. The summed E-state index contributed by atoms with van der Waals surface area (Å²) >= 11 is 0. The Morgan fingerprint density at radius 2 is 1.96 bits per heavy atom. The molecule has 2 rings (SSSR count). The summed E-state index contributed by atoms with van der Waals surface area (Å²) in [5.74, 6) is 0.338. The number of hydrogen-bond donors (Lipinski definition) is 0. The van der Waals surface area contributed by atoms with Crippen LogP contribution in [0.5, 0.6) is 5.75 Å². The van der Waals surface area contributed by atoms with Crippen LogP contribution in [0.3, 0.4) is 0 Å². The Balaban J connectivity index is 2.32. The van der Waals surface area contributed by atoms with Crippen LogP contribution in [-0.2, 0) is 21.2 Å². The highest BCUT2D eigenvalue weighted by atomic mass is 32.2. The zero-order valence-electron chi connectivity index (χ0n) is 13.9. The van der Waals surface area contributed by atoms with Crippen LogP contribution in [-0.4, -0.2) is 56.8 Å². The van der Waals surface area contributed by atoms with Gasteiger partial charge in [0.2, 0.25) is 15.9 Å². The maximum absolute atomic E-state index is 13.0. The van der Waals surface area contributed by atoms with E-state index in [4.69, 9.17) is 4.74 Å². The molecule has 23 heavy (non-hydrogen) atoms. The summed E-state index contributed by atoms with van der Waals surface area (Å²) in [7, 11) is -2.17. The number of nitrogens with zero attached hydrogens (tertiary/aromatic N) is 2. The van der Waals surface area contributed by atoms with Crippen molar-refractivity contribution < 1.29 is 17.9 Å². The van der Waals surface area contributed by atoms with Crippen LogP contribution in [0.2, 0.25) is 0 Å². The Morgan fingerprint density at radius 1 is 1.22 bits per heavy atom. The SMILES string of the molecule is CCc1ccc(OC)c(S(=O)(=O)N2CCCN(C(C)=O)CC2)c1. The Bertz CT molecular complexity index is 673. The molecule has 1 fully saturated rings. The fraction of sp³-hybridized carbons (Fsp3) is 0.562. The average molecular weight is 340 g/mol. The van der Waals surface area contributed by atoms with Gasteiger partial charge in [-0.1, -0.05) is 13.0 Å². The number of benzene rings is 1. The molecule has 0 unspecified atom stereocenters. The standard InChI is InChI=1S/C16H24N2O4S/c1-4-14-6-7-15(22-3)16(12-14)23(20,21)18-9-5-8-17(10-11-18)13(2)19/h6-7,12H,4-5,8-11H2,1-3H3. The molecule has 1 aliphatic heterocycles. The molecule has 1 aromatic carbocycles. The molecule has 0 atom stereocenters. The van der Waals surface area contributed by atoms with Crippen LogP contribution in [0.4, 0.5) is 0 Å². The maximum atomic E-state index is 13.0. The van der Waals surface area contributed by atoms with Gasteiger partial charge in [0.1, 0.15) is 10.6 Å². The third-order valence-electron chi connectivity index (χ3n) is 4.15. The minimum absolute atomic E-state index is 0.0187. The number of rotatable bonds is 4.